The number of rotatable bonds is 8. The minimum atomic E-state index is -0.794. The Morgan fingerprint density at radius 3 is 2.43 bits per heavy atom. The van der Waals surface area contributed by atoms with Crippen LogP contribution in [0.1, 0.15) is 45.2 Å². The third-order valence-corrected chi connectivity index (χ3v) is 5.42. The number of nitrogens with zero attached hydrogens (tertiary/aromatic N) is 2. The van der Waals surface area contributed by atoms with Gasteiger partial charge < -0.3 is 20.7 Å². The first-order chi connectivity index (χ1) is 16.8. The lowest BCUT2D eigenvalue weighted by molar-refractivity contribution is 0.0974. The van der Waals surface area contributed by atoms with Crippen LogP contribution in [0, 0.1) is 17.8 Å². The van der Waals surface area contributed by atoms with Gasteiger partial charge in [0, 0.05) is 30.9 Å². The van der Waals surface area contributed by atoms with Crippen LogP contribution in [0.4, 0.5) is 5.82 Å². The number of nitrogens with one attached hydrogen (secondary N) is 2. The summed E-state index contributed by atoms with van der Waals surface area (Å²) in [6, 6.07) is 13.8. The van der Waals surface area contributed by atoms with E-state index in [4.69, 9.17) is 22.3 Å². The topological polar surface area (TPSA) is 121 Å². The lowest BCUT2D eigenvalue weighted by Crippen LogP contribution is -2.27. The van der Waals surface area contributed by atoms with Crippen LogP contribution < -0.4 is 15.8 Å². The molecule has 3 aromatic rings. The Hall–Kier alpha value is -4.64. The maximum atomic E-state index is 13.1. The van der Waals surface area contributed by atoms with Crippen molar-refractivity contribution in [2.45, 2.75) is 13.3 Å². The SMILES string of the molecule is C#Cc1ccc(NC(=O)c2cc(-c3ccc(C(=N)N(C)CCC)cc3)cc(OC)c2C(N)=O)nc1. The Kier molecular flexibility index (Phi) is 7.85. The maximum absolute atomic E-state index is 13.1. The number of carbonyl (C=O) groups excluding carboxylic acids is 2. The molecule has 2 aromatic carbocycles. The van der Waals surface area contributed by atoms with E-state index < -0.39 is 11.8 Å². The molecular formula is C27H27N5O3. The molecule has 4 N–H and O–H groups in total. The fourth-order valence-electron chi connectivity index (χ4n) is 3.60. The molecule has 1 heterocycles. The summed E-state index contributed by atoms with van der Waals surface area (Å²) in [5.74, 6) is 1.96. The van der Waals surface area contributed by atoms with Gasteiger partial charge in [0.2, 0.25) is 0 Å². The molecule has 0 bridgehead atoms. The Morgan fingerprint density at radius 2 is 1.89 bits per heavy atom. The largest absolute Gasteiger partial charge is 0.496 e. The fraction of sp³-hybridized carbons (Fsp3) is 0.185. The first-order valence-electron chi connectivity index (χ1n) is 10.9. The highest BCUT2D eigenvalue weighted by atomic mass is 16.5. The normalized spacial score (nSPS) is 10.2. The van der Waals surface area contributed by atoms with E-state index in [0.29, 0.717) is 17.0 Å². The summed E-state index contributed by atoms with van der Waals surface area (Å²) < 4.78 is 5.40. The molecule has 8 heteroatoms. The predicted molar refractivity (Wildman–Crippen MR) is 137 cm³/mol. The van der Waals surface area contributed by atoms with Crippen molar-refractivity contribution < 1.29 is 14.3 Å². The zero-order chi connectivity index (χ0) is 25.5. The molecule has 3 rings (SSSR count). The number of pyridine rings is 1. The van der Waals surface area contributed by atoms with Crippen molar-refractivity contribution in [1.29, 1.82) is 5.41 Å². The van der Waals surface area contributed by atoms with Gasteiger partial charge in [0.1, 0.15) is 17.4 Å². The molecule has 0 atom stereocenters. The van der Waals surface area contributed by atoms with Crippen molar-refractivity contribution in [3.63, 3.8) is 0 Å². The number of carbonyl (C=O) groups is 2. The number of terminal acetylenes is 1. The average molecular weight is 470 g/mol. The number of amidine groups is 1. The zero-order valence-corrected chi connectivity index (χ0v) is 19.9. The molecule has 1 aromatic heterocycles. The van der Waals surface area contributed by atoms with Gasteiger partial charge in [-0.1, -0.05) is 37.1 Å². The van der Waals surface area contributed by atoms with Crippen LogP contribution in [0.3, 0.4) is 0 Å². The number of anilines is 1. The highest BCUT2D eigenvalue weighted by molar-refractivity contribution is 6.13. The Bertz CT molecular complexity index is 1290. The van der Waals surface area contributed by atoms with Gasteiger partial charge in [-0.25, -0.2) is 4.98 Å². The second kappa shape index (κ2) is 11.0. The number of ether oxygens (including phenoxy) is 1. The van der Waals surface area contributed by atoms with Gasteiger partial charge in [-0.15, -0.1) is 6.42 Å². The smallest absolute Gasteiger partial charge is 0.257 e. The van der Waals surface area contributed by atoms with Gasteiger partial charge in [-0.3, -0.25) is 15.0 Å². The molecule has 35 heavy (non-hydrogen) atoms. The van der Waals surface area contributed by atoms with Crippen molar-refractivity contribution in [3.05, 3.63) is 77.0 Å². The summed E-state index contributed by atoms with van der Waals surface area (Å²) >= 11 is 0. The highest BCUT2D eigenvalue weighted by Crippen LogP contribution is 2.31. The second-order valence-corrected chi connectivity index (χ2v) is 7.84. The van der Waals surface area contributed by atoms with Gasteiger partial charge in [-0.2, -0.15) is 0 Å². The number of benzene rings is 2. The number of nitrogens with two attached hydrogens (primary N) is 1. The maximum Gasteiger partial charge on any atom is 0.257 e. The van der Waals surface area contributed by atoms with E-state index in [0.717, 1.165) is 24.1 Å². The van der Waals surface area contributed by atoms with E-state index in [-0.39, 0.29) is 22.7 Å². The van der Waals surface area contributed by atoms with Crippen molar-refractivity contribution in [3.8, 4) is 29.2 Å². The molecule has 0 fully saturated rings. The molecule has 0 spiro atoms. The third kappa shape index (κ3) is 5.65. The molecule has 0 saturated carbocycles. The molecule has 0 aliphatic heterocycles. The molecular weight excluding hydrogens is 442 g/mol. The highest BCUT2D eigenvalue weighted by Gasteiger charge is 2.22. The molecule has 0 unspecified atom stereocenters. The number of hydrogen-bond acceptors (Lipinski definition) is 5. The number of primary amides is 1. The van der Waals surface area contributed by atoms with Crippen LogP contribution in [-0.2, 0) is 0 Å². The van der Waals surface area contributed by atoms with E-state index >= 15 is 0 Å². The lowest BCUT2D eigenvalue weighted by Gasteiger charge is -2.19. The van der Waals surface area contributed by atoms with Crippen LogP contribution in [0.5, 0.6) is 5.75 Å². The molecule has 0 aliphatic rings. The standard InChI is InChI=1S/C27H27N5O3/c1-5-13-32(3)25(28)19-10-8-18(9-11-19)20-14-21(24(26(29)33)22(15-20)35-4)27(34)31-23-12-7-17(6-2)16-30-23/h2,7-12,14-16,28H,5,13H2,1,3-4H3,(H2,29,33)(H,30,31,34). The van der Waals surface area contributed by atoms with E-state index in [1.54, 1.807) is 24.3 Å². The van der Waals surface area contributed by atoms with Crippen molar-refractivity contribution >= 4 is 23.5 Å². The third-order valence-electron chi connectivity index (χ3n) is 5.42. The van der Waals surface area contributed by atoms with Crippen LogP contribution in [-0.4, -0.2) is 48.2 Å². The van der Waals surface area contributed by atoms with E-state index in [1.807, 2.05) is 36.2 Å². The molecule has 2 amide bonds. The second-order valence-electron chi connectivity index (χ2n) is 7.84. The Labute approximate surface area is 204 Å². The summed E-state index contributed by atoms with van der Waals surface area (Å²) in [6.07, 6.45) is 7.75. The molecule has 0 aliphatic carbocycles. The van der Waals surface area contributed by atoms with E-state index in [2.05, 4.69) is 23.1 Å². The average Bonchev–Trinajstić information content (AvgIpc) is 2.87. The van der Waals surface area contributed by atoms with Gasteiger partial charge in [-0.05, 0) is 41.8 Å². The first-order valence-corrected chi connectivity index (χ1v) is 10.9. The van der Waals surface area contributed by atoms with E-state index in [1.165, 1.54) is 13.3 Å². The molecule has 0 saturated heterocycles. The number of aromatic nitrogens is 1. The van der Waals surface area contributed by atoms with Gasteiger partial charge in [0.25, 0.3) is 11.8 Å². The zero-order valence-electron chi connectivity index (χ0n) is 19.9. The van der Waals surface area contributed by atoms with Gasteiger partial charge in [0.15, 0.2) is 0 Å². The number of methoxy groups -OCH3 is 1. The molecule has 178 valence electrons. The summed E-state index contributed by atoms with van der Waals surface area (Å²) in [6.45, 7) is 2.84. The quantitative estimate of drug-likeness (QED) is 0.263. The minimum Gasteiger partial charge on any atom is -0.496 e. The van der Waals surface area contributed by atoms with Crippen molar-refractivity contribution in [2.75, 3.05) is 26.0 Å². The first kappa shape index (κ1) is 25.0. The summed E-state index contributed by atoms with van der Waals surface area (Å²) in [5.41, 5.74) is 8.37. The lowest BCUT2D eigenvalue weighted by atomic mass is 9.96. The van der Waals surface area contributed by atoms with Gasteiger partial charge in [0.05, 0.1) is 18.2 Å². The summed E-state index contributed by atoms with van der Waals surface area (Å²) in [7, 11) is 3.29. The monoisotopic (exact) mass is 469 g/mol. The predicted octanol–water partition coefficient (Wildman–Crippen LogP) is 3.76. The van der Waals surface area contributed by atoms with Crippen LogP contribution in [0.25, 0.3) is 11.1 Å². The molecule has 8 nitrogen and oxygen atoms in total. The Balaban J connectivity index is 2.00. The Morgan fingerprint density at radius 1 is 1.17 bits per heavy atom. The van der Waals surface area contributed by atoms with Gasteiger partial charge >= 0.3 is 0 Å². The molecule has 0 radical (unpaired) electrons. The van der Waals surface area contributed by atoms with E-state index in [9.17, 15) is 9.59 Å². The van der Waals surface area contributed by atoms with Crippen LogP contribution in [0.2, 0.25) is 0 Å². The number of amides is 2. The number of hydrogen-bond donors (Lipinski definition) is 3. The minimum absolute atomic E-state index is 0.0337. The van der Waals surface area contributed by atoms with Crippen molar-refractivity contribution in [2.24, 2.45) is 5.73 Å². The van der Waals surface area contributed by atoms with Crippen LogP contribution >= 0.6 is 0 Å². The fourth-order valence-corrected chi connectivity index (χ4v) is 3.60. The summed E-state index contributed by atoms with van der Waals surface area (Å²) in [5, 5.41) is 11.0. The summed E-state index contributed by atoms with van der Waals surface area (Å²) in [4.78, 5) is 31.4. The van der Waals surface area contributed by atoms with Crippen LogP contribution in [0.15, 0.2) is 54.7 Å². The van der Waals surface area contributed by atoms with Crippen molar-refractivity contribution in [1.82, 2.24) is 9.88 Å².